The molecule has 0 bridgehead atoms. The summed E-state index contributed by atoms with van der Waals surface area (Å²) >= 11 is 0. The maximum absolute atomic E-state index is 9.89. The van der Waals surface area contributed by atoms with Crippen LogP contribution in [0.4, 0.5) is 0 Å². The Balaban J connectivity index is 3.14. The smallest absolute Gasteiger partial charge is 0.307 e. The second kappa shape index (κ2) is 5.31. The SMILES string of the molecule is CNCC=CCC(=O)O. The molecule has 0 rings (SSSR count). The fourth-order valence-electron chi connectivity index (χ4n) is 0.385. The summed E-state index contributed by atoms with van der Waals surface area (Å²) in [7, 11) is 1.81. The van der Waals surface area contributed by atoms with Crippen LogP contribution >= 0.6 is 0 Å². The predicted octanol–water partition coefficient (Wildman–Crippen LogP) is 0.237. The van der Waals surface area contributed by atoms with E-state index in [9.17, 15) is 4.79 Å². The van der Waals surface area contributed by atoms with E-state index in [2.05, 4.69) is 5.32 Å². The summed E-state index contributed by atoms with van der Waals surface area (Å²) in [5, 5.41) is 11.0. The highest BCUT2D eigenvalue weighted by atomic mass is 16.4. The van der Waals surface area contributed by atoms with Gasteiger partial charge in [-0.1, -0.05) is 12.2 Å². The molecule has 3 nitrogen and oxygen atoms in total. The van der Waals surface area contributed by atoms with Gasteiger partial charge in [-0.05, 0) is 7.05 Å². The predicted molar refractivity (Wildman–Crippen MR) is 35.3 cm³/mol. The summed E-state index contributed by atoms with van der Waals surface area (Å²) < 4.78 is 0. The lowest BCUT2D eigenvalue weighted by molar-refractivity contribution is -0.136. The van der Waals surface area contributed by atoms with Gasteiger partial charge in [0.05, 0.1) is 6.42 Å². The van der Waals surface area contributed by atoms with Gasteiger partial charge in [-0.3, -0.25) is 4.79 Å². The van der Waals surface area contributed by atoms with Gasteiger partial charge in [-0.15, -0.1) is 0 Å². The van der Waals surface area contributed by atoms with E-state index in [4.69, 9.17) is 5.11 Å². The standard InChI is InChI=1S/C6H11NO2/c1-7-5-3-2-4-6(8)9/h2-3,7H,4-5H2,1H3,(H,8,9). The Morgan fingerprint density at radius 3 is 2.78 bits per heavy atom. The molecule has 0 aromatic carbocycles. The molecule has 0 radical (unpaired) electrons. The van der Waals surface area contributed by atoms with E-state index in [0.717, 1.165) is 6.54 Å². The number of aliphatic carboxylic acids is 1. The molecular formula is C6H11NO2. The Labute approximate surface area is 54.4 Å². The van der Waals surface area contributed by atoms with Gasteiger partial charge < -0.3 is 10.4 Å². The van der Waals surface area contributed by atoms with Crippen LogP contribution in [0, 0.1) is 0 Å². The van der Waals surface area contributed by atoms with Crippen molar-refractivity contribution in [3.63, 3.8) is 0 Å². The first-order valence-electron chi connectivity index (χ1n) is 2.78. The van der Waals surface area contributed by atoms with Gasteiger partial charge in [-0.2, -0.15) is 0 Å². The molecule has 0 atom stereocenters. The minimum Gasteiger partial charge on any atom is -0.481 e. The molecule has 0 aliphatic heterocycles. The number of rotatable bonds is 4. The van der Waals surface area contributed by atoms with E-state index in [0.29, 0.717) is 0 Å². The quantitative estimate of drug-likeness (QED) is 0.534. The first-order chi connectivity index (χ1) is 4.27. The third-order valence-electron chi connectivity index (χ3n) is 0.781. The van der Waals surface area contributed by atoms with Crippen LogP contribution in [-0.2, 0) is 4.79 Å². The van der Waals surface area contributed by atoms with Crippen molar-refractivity contribution in [2.24, 2.45) is 0 Å². The van der Waals surface area contributed by atoms with Crippen molar-refractivity contribution in [3.05, 3.63) is 12.2 Å². The summed E-state index contributed by atoms with van der Waals surface area (Å²) in [5.41, 5.74) is 0. The monoisotopic (exact) mass is 129 g/mol. The molecule has 0 saturated heterocycles. The first kappa shape index (κ1) is 8.17. The molecule has 0 aromatic rings. The maximum atomic E-state index is 9.89. The zero-order valence-corrected chi connectivity index (χ0v) is 5.42. The highest BCUT2D eigenvalue weighted by molar-refractivity contribution is 5.68. The molecule has 52 valence electrons. The number of carbonyl (C=O) groups is 1. The van der Waals surface area contributed by atoms with Gasteiger partial charge in [0.1, 0.15) is 0 Å². The second-order valence-electron chi connectivity index (χ2n) is 1.63. The minimum absolute atomic E-state index is 0.113. The average molecular weight is 129 g/mol. The van der Waals surface area contributed by atoms with E-state index in [-0.39, 0.29) is 6.42 Å². The van der Waals surface area contributed by atoms with E-state index < -0.39 is 5.97 Å². The highest BCUT2D eigenvalue weighted by Crippen LogP contribution is 1.79. The van der Waals surface area contributed by atoms with Crippen LogP contribution in [0.2, 0.25) is 0 Å². The van der Waals surface area contributed by atoms with Crippen LogP contribution in [0.3, 0.4) is 0 Å². The Morgan fingerprint density at radius 1 is 1.67 bits per heavy atom. The summed E-state index contributed by atoms with van der Waals surface area (Å²) in [6, 6.07) is 0. The third-order valence-corrected chi connectivity index (χ3v) is 0.781. The molecule has 0 unspecified atom stereocenters. The number of likely N-dealkylation sites (N-methyl/N-ethyl adjacent to an activating group) is 1. The fourth-order valence-corrected chi connectivity index (χ4v) is 0.385. The van der Waals surface area contributed by atoms with E-state index in [1.165, 1.54) is 0 Å². The number of hydrogen-bond acceptors (Lipinski definition) is 2. The Bertz CT molecular complexity index is 110. The van der Waals surface area contributed by atoms with Crippen molar-refractivity contribution < 1.29 is 9.90 Å². The van der Waals surface area contributed by atoms with Crippen molar-refractivity contribution in [2.45, 2.75) is 6.42 Å². The van der Waals surface area contributed by atoms with Crippen LogP contribution in [-0.4, -0.2) is 24.7 Å². The molecule has 0 saturated carbocycles. The van der Waals surface area contributed by atoms with Crippen LogP contribution in [0.5, 0.6) is 0 Å². The van der Waals surface area contributed by atoms with Gasteiger partial charge in [-0.25, -0.2) is 0 Å². The zero-order valence-electron chi connectivity index (χ0n) is 5.42. The van der Waals surface area contributed by atoms with Crippen molar-refractivity contribution in [1.29, 1.82) is 0 Å². The van der Waals surface area contributed by atoms with Crippen molar-refractivity contribution in [2.75, 3.05) is 13.6 Å². The average Bonchev–Trinajstić information content (AvgIpc) is 1.80. The van der Waals surface area contributed by atoms with Crippen molar-refractivity contribution >= 4 is 5.97 Å². The maximum Gasteiger partial charge on any atom is 0.307 e. The van der Waals surface area contributed by atoms with Gasteiger partial charge >= 0.3 is 5.97 Å². The lowest BCUT2D eigenvalue weighted by atomic mass is 10.4. The summed E-state index contributed by atoms with van der Waals surface area (Å²) in [4.78, 5) is 9.89. The van der Waals surface area contributed by atoms with Crippen molar-refractivity contribution in [3.8, 4) is 0 Å². The lowest BCUT2D eigenvalue weighted by Gasteiger charge is -1.85. The minimum atomic E-state index is -0.789. The molecule has 3 heteroatoms. The molecule has 0 fully saturated rings. The van der Waals surface area contributed by atoms with Crippen LogP contribution in [0.15, 0.2) is 12.2 Å². The molecule has 0 aliphatic rings. The van der Waals surface area contributed by atoms with Crippen molar-refractivity contribution in [1.82, 2.24) is 5.32 Å². The number of nitrogens with one attached hydrogen (secondary N) is 1. The van der Waals surface area contributed by atoms with Gasteiger partial charge in [0.25, 0.3) is 0 Å². The van der Waals surface area contributed by atoms with Gasteiger partial charge in [0.2, 0.25) is 0 Å². The van der Waals surface area contributed by atoms with E-state index >= 15 is 0 Å². The van der Waals surface area contributed by atoms with E-state index in [1.807, 2.05) is 7.05 Å². The van der Waals surface area contributed by atoms with Crippen LogP contribution < -0.4 is 5.32 Å². The Kier molecular flexibility index (Phi) is 4.82. The molecule has 0 amide bonds. The first-order valence-corrected chi connectivity index (χ1v) is 2.78. The molecular weight excluding hydrogens is 118 g/mol. The summed E-state index contributed by atoms with van der Waals surface area (Å²) in [5.74, 6) is -0.789. The van der Waals surface area contributed by atoms with Gasteiger partial charge in [0, 0.05) is 6.54 Å². The van der Waals surface area contributed by atoms with E-state index in [1.54, 1.807) is 12.2 Å². The second-order valence-corrected chi connectivity index (χ2v) is 1.63. The Morgan fingerprint density at radius 2 is 2.33 bits per heavy atom. The molecule has 0 spiro atoms. The molecule has 0 aliphatic carbocycles. The molecule has 2 N–H and O–H groups in total. The highest BCUT2D eigenvalue weighted by Gasteiger charge is 1.86. The number of hydrogen-bond donors (Lipinski definition) is 2. The molecule has 0 heterocycles. The van der Waals surface area contributed by atoms with Crippen LogP contribution in [0.25, 0.3) is 0 Å². The summed E-state index contributed by atoms with van der Waals surface area (Å²) in [6.07, 6.45) is 3.52. The number of carboxylic acids is 1. The topological polar surface area (TPSA) is 49.3 Å². The largest absolute Gasteiger partial charge is 0.481 e. The number of carboxylic acid groups (broad SMARTS) is 1. The zero-order chi connectivity index (χ0) is 7.11. The summed E-state index contributed by atoms with van der Waals surface area (Å²) in [6.45, 7) is 0.729. The normalized spacial score (nSPS) is 10.3. The lowest BCUT2D eigenvalue weighted by Crippen LogP contribution is -2.04. The van der Waals surface area contributed by atoms with Crippen LogP contribution in [0.1, 0.15) is 6.42 Å². The molecule has 9 heavy (non-hydrogen) atoms. The third kappa shape index (κ3) is 7.17. The Hall–Kier alpha value is -0.830. The van der Waals surface area contributed by atoms with Gasteiger partial charge in [0.15, 0.2) is 0 Å². The molecule has 0 aromatic heterocycles. The fraction of sp³-hybridized carbons (Fsp3) is 0.500.